The number of amides is 2. The van der Waals surface area contributed by atoms with Gasteiger partial charge in [0.05, 0.1) is 0 Å². The van der Waals surface area contributed by atoms with Gasteiger partial charge < -0.3 is 24.3 Å². The standard InChI is InChI=1S/C23H25N3O6/c27-20(16-12-19(24-13-16)23(30)25-9-1-2-10-25)14-32-22(29)15-31-18-7-5-17(6-8-18)26-11-3-4-21(26)28/h5-8,12-13,24H,1-4,9-11,14-15H2. The molecule has 2 amide bonds. The number of aromatic nitrogens is 1. The van der Waals surface area contributed by atoms with Crippen molar-refractivity contribution in [3.05, 3.63) is 47.8 Å². The molecule has 0 aliphatic carbocycles. The van der Waals surface area contributed by atoms with Crippen LogP contribution in [0.25, 0.3) is 0 Å². The zero-order valence-electron chi connectivity index (χ0n) is 17.7. The molecule has 2 aromatic rings. The van der Waals surface area contributed by atoms with Gasteiger partial charge in [0.15, 0.2) is 13.2 Å². The van der Waals surface area contributed by atoms with Crippen molar-refractivity contribution >= 4 is 29.3 Å². The number of hydrogen-bond acceptors (Lipinski definition) is 6. The largest absolute Gasteiger partial charge is 0.482 e. The van der Waals surface area contributed by atoms with Gasteiger partial charge in [-0.1, -0.05) is 0 Å². The zero-order chi connectivity index (χ0) is 22.5. The van der Waals surface area contributed by atoms with E-state index in [2.05, 4.69) is 4.98 Å². The molecule has 0 spiro atoms. The number of hydrogen-bond donors (Lipinski definition) is 1. The normalized spacial score (nSPS) is 15.8. The predicted molar refractivity (Wildman–Crippen MR) is 115 cm³/mol. The van der Waals surface area contributed by atoms with Gasteiger partial charge in [0, 0.05) is 43.5 Å². The van der Waals surface area contributed by atoms with Crippen LogP contribution in [-0.2, 0) is 14.3 Å². The minimum Gasteiger partial charge on any atom is -0.482 e. The Morgan fingerprint density at radius 2 is 1.72 bits per heavy atom. The van der Waals surface area contributed by atoms with E-state index in [0.29, 0.717) is 24.4 Å². The van der Waals surface area contributed by atoms with Crippen molar-refractivity contribution in [3.63, 3.8) is 0 Å². The maximum absolute atomic E-state index is 12.3. The summed E-state index contributed by atoms with van der Waals surface area (Å²) in [6, 6.07) is 8.37. The van der Waals surface area contributed by atoms with E-state index in [1.807, 2.05) is 0 Å². The van der Waals surface area contributed by atoms with Gasteiger partial charge in [0.2, 0.25) is 11.7 Å². The van der Waals surface area contributed by atoms with Crippen LogP contribution in [0.4, 0.5) is 5.69 Å². The van der Waals surface area contributed by atoms with Crippen LogP contribution in [0.1, 0.15) is 46.5 Å². The number of carbonyl (C=O) groups is 4. The van der Waals surface area contributed by atoms with Crippen LogP contribution >= 0.6 is 0 Å². The maximum Gasteiger partial charge on any atom is 0.344 e. The quantitative estimate of drug-likeness (QED) is 0.499. The number of ketones is 1. The van der Waals surface area contributed by atoms with E-state index in [4.69, 9.17) is 9.47 Å². The molecule has 4 rings (SSSR count). The Bertz CT molecular complexity index is 1010. The fraction of sp³-hybridized carbons (Fsp3) is 0.391. The first kappa shape index (κ1) is 21.6. The van der Waals surface area contributed by atoms with Crippen LogP contribution in [0, 0.1) is 0 Å². The first-order chi connectivity index (χ1) is 15.5. The summed E-state index contributed by atoms with van der Waals surface area (Å²) in [5, 5.41) is 0. The third-order valence-corrected chi connectivity index (χ3v) is 5.57. The number of H-pyrrole nitrogens is 1. The van der Waals surface area contributed by atoms with Crippen molar-refractivity contribution in [1.82, 2.24) is 9.88 Å². The maximum atomic E-state index is 12.3. The van der Waals surface area contributed by atoms with Gasteiger partial charge in [0.25, 0.3) is 5.91 Å². The van der Waals surface area contributed by atoms with E-state index in [1.54, 1.807) is 34.1 Å². The molecule has 1 aromatic heterocycles. The number of Topliss-reactive ketones (excluding diaryl/α,β-unsaturated/α-hetero) is 1. The second kappa shape index (κ2) is 9.67. The summed E-state index contributed by atoms with van der Waals surface area (Å²) < 4.78 is 10.4. The highest BCUT2D eigenvalue weighted by Gasteiger charge is 2.23. The second-order valence-electron chi connectivity index (χ2n) is 7.82. The summed E-state index contributed by atoms with van der Waals surface area (Å²) in [5.74, 6) is -0.663. The topological polar surface area (TPSA) is 109 Å². The van der Waals surface area contributed by atoms with Crippen molar-refractivity contribution < 1.29 is 28.7 Å². The van der Waals surface area contributed by atoms with Crippen LogP contribution in [0.2, 0.25) is 0 Å². The van der Waals surface area contributed by atoms with Gasteiger partial charge in [0.1, 0.15) is 11.4 Å². The summed E-state index contributed by atoms with van der Waals surface area (Å²) in [7, 11) is 0. The van der Waals surface area contributed by atoms with Crippen molar-refractivity contribution in [2.24, 2.45) is 0 Å². The van der Waals surface area contributed by atoms with Crippen molar-refractivity contribution in [2.45, 2.75) is 25.7 Å². The van der Waals surface area contributed by atoms with Gasteiger partial charge in [-0.3, -0.25) is 14.4 Å². The lowest BCUT2D eigenvalue weighted by molar-refractivity contribution is -0.144. The lowest BCUT2D eigenvalue weighted by atomic mass is 10.2. The number of anilines is 1. The highest BCUT2D eigenvalue weighted by atomic mass is 16.6. The first-order valence-electron chi connectivity index (χ1n) is 10.7. The Morgan fingerprint density at radius 1 is 0.969 bits per heavy atom. The lowest BCUT2D eigenvalue weighted by Gasteiger charge is -2.16. The molecule has 2 saturated heterocycles. The van der Waals surface area contributed by atoms with Crippen molar-refractivity contribution in [3.8, 4) is 5.75 Å². The molecule has 0 atom stereocenters. The number of ether oxygens (including phenoxy) is 2. The summed E-state index contributed by atoms with van der Waals surface area (Å²) in [5.41, 5.74) is 1.43. The average molecular weight is 439 g/mol. The van der Waals surface area contributed by atoms with Crippen LogP contribution in [0.15, 0.2) is 36.5 Å². The molecule has 1 N–H and O–H groups in total. The van der Waals surface area contributed by atoms with Gasteiger partial charge in [-0.15, -0.1) is 0 Å². The van der Waals surface area contributed by atoms with Crippen molar-refractivity contribution in [1.29, 1.82) is 0 Å². The molecule has 32 heavy (non-hydrogen) atoms. The van der Waals surface area contributed by atoms with Gasteiger partial charge >= 0.3 is 5.97 Å². The van der Waals surface area contributed by atoms with Gasteiger partial charge in [-0.2, -0.15) is 0 Å². The van der Waals surface area contributed by atoms with Gasteiger partial charge in [-0.25, -0.2) is 4.79 Å². The number of likely N-dealkylation sites (tertiary alicyclic amines) is 1. The molecule has 0 radical (unpaired) electrons. The van der Waals surface area contributed by atoms with E-state index >= 15 is 0 Å². The zero-order valence-corrected chi connectivity index (χ0v) is 17.7. The number of nitrogens with one attached hydrogen (secondary N) is 1. The van der Waals surface area contributed by atoms with Crippen molar-refractivity contribution in [2.75, 3.05) is 37.7 Å². The molecule has 0 bridgehead atoms. The molecule has 2 aliphatic rings. The third-order valence-electron chi connectivity index (χ3n) is 5.57. The summed E-state index contributed by atoms with van der Waals surface area (Å²) in [6.07, 6.45) is 4.82. The van der Waals surface area contributed by atoms with E-state index in [-0.39, 0.29) is 24.0 Å². The predicted octanol–water partition coefficient (Wildman–Crippen LogP) is 2.18. The Balaban J connectivity index is 1.21. The fourth-order valence-corrected chi connectivity index (χ4v) is 3.83. The number of nitrogens with zero attached hydrogens (tertiary/aromatic N) is 2. The highest BCUT2D eigenvalue weighted by Crippen LogP contribution is 2.24. The molecule has 9 heteroatoms. The molecular formula is C23H25N3O6. The lowest BCUT2D eigenvalue weighted by Crippen LogP contribution is -2.27. The Labute approximate surface area is 185 Å². The molecule has 168 valence electrons. The Morgan fingerprint density at radius 3 is 2.41 bits per heavy atom. The Kier molecular flexibility index (Phi) is 6.53. The van der Waals surface area contributed by atoms with Crippen LogP contribution in [-0.4, -0.2) is 66.3 Å². The van der Waals surface area contributed by atoms with E-state index < -0.39 is 18.4 Å². The molecule has 0 saturated carbocycles. The minimum absolute atomic E-state index is 0.0990. The smallest absolute Gasteiger partial charge is 0.344 e. The second-order valence-corrected chi connectivity index (χ2v) is 7.82. The third kappa shape index (κ3) is 4.99. The average Bonchev–Trinajstić information content (AvgIpc) is 3.58. The summed E-state index contributed by atoms with van der Waals surface area (Å²) >= 11 is 0. The van der Waals surface area contributed by atoms with Crippen LogP contribution in [0.5, 0.6) is 5.75 Å². The minimum atomic E-state index is -0.680. The number of aromatic amines is 1. The molecular weight excluding hydrogens is 414 g/mol. The highest BCUT2D eigenvalue weighted by molar-refractivity contribution is 6.01. The number of rotatable bonds is 8. The molecule has 2 aliphatic heterocycles. The van der Waals surface area contributed by atoms with E-state index in [0.717, 1.165) is 38.0 Å². The van der Waals surface area contributed by atoms with E-state index in [9.17, 15) is 19.2 Å². The molecule has 0 unspecified atom stereocenters. The first-order valence-corrected chi connectivity index (χ1v) is 10.7. The number of carbonyl (C=O) groups excluding carboxylic acids is 4. The number of benzene rings is 1. The van der Waals surface area contributed by atoms with Gasteiger partial charge in [-0.05, 0) is 49.6 Å². The van der Waals surface area contributed by atoms with E-state index in [1.165, 1.54) is 12.3 Å². The Hall–Kier alpha value is -3.62. The monoisotopic (exact) mass is 439 g/mol. The summed E-state index contributed by atoms with van der Waals surface area (Å²) in [6.45, 7) is 1.36. The molecule has 3 heterocycles. The summed E-state index contributed by atoms with van der Waals surface area (Å²) in [4.78, 5) is 54.6. The fourth-order valence-electron chi connectivity index (χ4n) is 3.83. The molecule has 9 nitrogen and oxygen atoms in total. The molecule has 2 fully saturated rings. The SMILES string of the molecule is O=C(COc1ccc(N2CCCC2=O)cc1)OCC(=O)c1c[nH]c(C(=O)N2CCCC2)c1. The number of esters is 1. The van der Waals surface area contributed by atoms with Crippen LogP contribution in [0.3, 0.4) is 0 Å². The molecule has 1 aromatic carbocycles. The van der Waals surface area contributed by atoms with Crippen LogP contribution < -0.4 is 9.64 Å².